The van der Waals surface area contributed by atoms with Crippen molar-refractivity contribution in [1.82, 2.24) is 5.32 Å². The number of oxime groups is 1. The van der Waals surface area contributed by atoms with E-state index >= 15 is 0 Å². The van der Waals surface area contributed by atoms with Crippen LogP contribution >= 0.6 is 11.3 Å². The molecular formula is C18H18N2O2S. The minimum atomic E-state index is 0.00474. The highest BCUT2D eigenvalue weighted by molar-refractivity contribution is 7.12. The van der Waals surface area contributed by atoms with Crippen LogP contribution in [-0.2, 0) is 6.42 Å². The van der Waals surface area contributed by atoms with Gasteiger partial charge in [-0.05, 0) is 36.8 Å². The van der Waals surface area contributed by atoms with Gasteiger partial charge in [-0.25, -0.2) is 0 Å². The van der Waals surface area contributed by atoms with Crippen LogP contribution in [-0.4, -0.2) is 22.9 Å². The van der Waals surface area contributed by atoms with Crippen LogP contribution in [0.4, 0.5) is 0 Å². The number of fused-ring (bicyclic) bond motifs is 1. The fourth-order valence-electron chi connectivity index (χ4n) is 3.37. The highest BCUT2D eigenvalue weighted by Crippen LogP contribution is 2.41. The van der Waals surface area contributed by atoms with Gasteiger partial charge in [-0.15, -0.1) is 11.3 Å². The predicted molar refractivity (Wildman–Crippen MR) is 90.6 cm³/mol. The maximum Gasteiger partial charge on any atom is 0.252 e. The molecule has 1 aromatic heterocycles. The minimum absolute atomic E-state index is 0.00474. The van der Waals surface area contributed by atoms with Crippen LogP contribution in [0.25, 0.3) is 0 Å². The molecule has 0 bridgehead atoms. The first-order chi connectivity index (χ1) is 11.3. The second-order valence-corrected chi connectivity index (χ2v) is 7.07. The average molecular weight is 326 g/mol. The van der Waals surface area contributed by atoms with Gasteiger partial charge in [-0.1, -0.05) is 35.5 Å². The summed E-state index contributed by atoms with van der Waals surface area (Å²) in [5.41, 5.74) is 3.80. The lowest BCUT2D eigenvalue weighted by molar-refractivity contribution is 0.0950. The lowest BCUT2D eigenvalue weighted by atomic mass is 9.94. The van der Waals surface area contributed by atoms with Crippen LogP contribution in [0, 0.1) is 0 Å². The first-order valence-electron chi connectivity index (χ1n) is 7.95. The minimum Gasteiger partial charge on any atom is -0.411 e. The molecule has 0 unspecified atom stereocenters. The predicted octanol–water partition coefficient (Wildman–Crippen LogP) is 3.55. The molecule has 0 saturated heterocycles. The Morgan fingerprint density at radius 1 is 1.26 bits per heavy atom. The Morgan fingerprint density at radius 3 is 2.87 bits per heavy atom. The Hall–Kier alpha value is -2.14. The van der Waals surface area contributed by atoms with Gasteiger partial charge in [0.25, 0.3) is 5.91 Å². The van der Waals surface area contributed by atoms with E-state index in [1.807, 2.05) is 23.6 Å². The molecule has 4 rings (SSSR count). The van der Waals surface area contributed by atoms with Crippen LogP contribution < -0.4 is 5.32 Å². The molecule has 2 N–H and O–H groups in total. The Bertz CT molecular complexity index is 767. The van der Waals surface area contributed by atoms with Crippen LogP contribution in [0.15, 0.2) is 40.9 Å². The number of benzene rings is 1. The number of hydrogen-bond donors (Lipinski definition) is 2. The number of carbonyl (C=O) groups is 1. The van der Waals surface area contributed by atoms with E-state index in [0.717, 1.165) is 41.7 Å². The second-order valence-electron chi connectivity index (χ2n) is 6.19. The molecule has 5 heteroatoms. The van der Waals surface area contributed by atoms with E-state index in [4.69, 9.17) is 5.21 Å². The van der Waals surface area contributed by atoms with Crippen LogP contribution in [0.1, 0.15) is 51.5 Å². The summed E-state index contributed by atoms with van der Waals surface area (Å²) < 4.78 is 0. The Labute approximate surface area is 138 Å². The van der Waals surface area contributed by atoms with Gasteiger partial charge in [0.15, 0.2) is 0 Å². The monoisotopic (exact) mass is 326 g/mol. The molecule has 1 fully saturated rings. The molecule has 4 nitrogen and oxygen atoms in total. The molecule has 1 aromatic carbocycles. The third-order valence-corrected chi connectivity index (χ3v) is 5.77. The zero-order chi connectivity index (χ0) is 15.8. The Balaban J connectivity index is 1.48. The molecule has 1 heterocycles. The SMILES string of the molecule is O=C(N[C@@H]1C[C@H]1c1ccccc1)c1csc2c1CCCC2=NO. The first-order valence-corrected chi connectivity index (χ1v) is 8.83. The molecular weight excluding hydrogens is 308 g/mol. The zero-order valence-electron chi connectivity index (χ0n) is 12.7. The summed E-state index contributed by atoms with van der Waals surface area (Å²) in [6.07, 6.45) is 3.60. The van der Waals surface area contributed by atoms with E-state index in [-0.39, 0.29) is 11.9 Å². The number of thiophene rings is 1. The van der Waals surface area contributed by atoms with E-state index in [0.29, 0.717) is 11.6 Å². The van der Waals surface area contributed by atoms with Crippen molar-refractivity contribution in [2.75, 3.05) is 0 Å². The maximum atomic E-state index is 12.6. The van der Waals surface area contributed by atoms with Crippen molar-refractivity contribution in [3.63, 3.8) is 0 Å². The molecule has 2 aromatic rings. The van der Waals surface area contributed by atoms with E-state index in [9.17, 15) is 4.79 Å². The Kier molecular flexibility index (Phi) is 3.65. The third kappa shape index (κ3) is 2.65. The number of rotatable bonds is 3. The van der Waals surface area contributed by atoms with Gasteiger partial charge in [0.1, 0.15) is 0 Å². The Morgan fingerprint density at radius 2 is 2.09 bits per heavy atom. The van der Waals surface area contributed by atoms with Crippen LogP contribution in [0.3, 0.4) is 0 Å². The highest BCUT2D eigenvalue weighted by Gasteiger charge is 2.40. The largest absolute Gasteiger partial charge is 0.411 e. The van der Waals surface area contributed by atoms with E-state index < -0.39 is 0 Å². The van der Waals surface area contributed by atoms with Crippen LogP contribution in [0.2, 0.25) is 0 Å². The smallest absolute Gasteiger partial charge is 0.252 e. The maximum absolute atomic E-state index is 12.6. The average Bonchev–Trinajstić information content (AvgIpc) is 3.21. The zero-order valence-corrected chi connectivity index (χ0v) is 13.5. The molecule has 23 heavy (non-hydrogen) atoms. The molecule has 118 valence electrons. The summed E-state index contributed by atoms with van der Waals surface area (Å²) in [7, 11) is 0. The third-order valence-electron chi connectivity index (χ3n) is 4.70. The fraction of sp³-hybridized carbons (Fsp3) is 0.333. The lowest BCUT2D eigenvalue weighted by Gasteiger charge is -2.14. The molecule has 1 saturated carbocycles. The number of hydrogen-bond acceptors (Lipinski definition) is 4. The van der Waals surface area contributed by atoms with Crippen molar-refractivity contribution in [2.24, 2.45) is 5.16 Å². The summed E-state index contributed by atoms with van der Waals surface area (Å²) in [5.74, 6) is 0.439. The van der Waals surface area contributed by atoms with Crippen molar-refractivity contribution >= 4 is 23.0 Å². The summed E-state index contributed by atoms with van der Waals surface area (Å²) >= 11 is 1.51. The summed E-state index contributed by atoms with van der Waals surface area (Å²) in [5, 5.41) is 17.5. The quantitative estimate of drug-likeness (QED) is 0.669. The molecule has 2 aliphatic rings. The molecule has 0 spiro atoms. The number of carbonyl (C=O) groups excluding carboxylic acids is 1. The van der Waals surface area contributed by atoms with Crippen molar-refractivity contribution in [3.05, 3.63) is 57.3 Å². The van der Waals surface area contributed by atoms with Crippen molar-refractivity contribution in [1.29, 1.82) is 0 Å². The molecule has 0 radical (unpaired) electrons. The van der Waals surface area contributed by atoms with E-state index in [1.54, 1.807) is 0 Å². The van der Waals surface area contributed by atoms with Crippen molar-refractivity contribution in [2.45, 2.75) is 37.6 Å². The topological polar surface area (TPSA) is 61.7 Å². The molecule has 1 amide bonds. The summed E-state index contributed by atoms with van der Waals surface area (Å²) in [6.45, 7) is 0. The lowest BCUT2D eigenvalue weighted by Crippen LogP contribution is -2.27. The van der Waals surface area contributed by atoms with Gasteiger partial charge < -0.3 is 10.5 Å². The molecule has 2 aliphatic carbocycles. The number of nitrogens with one attached hydrogen (secondary N) is 1. The van der Waals surface area contributed by atoms with Gasteiger partial charge in [0.05, 0.1) is 16.2 Å². The first kappa shape index (κ1) is 14.5. The van der Waals surface area contributed by atoms with Crippen LogP contribution in [0.5, 0.6) is 0 Å². The molecule has 2 atom stereocenters. The number of amides is 1. The van der Waals surface area contributed by atoms with Gasteiger partial charge in [-0.3, -0.25) is 4.79 Å². The molecule has 0 aliphatic heterocycles. The van der Waals surface area contributed by atoms with Gasteiger partial charge >= 0.3 is 0 Å². The second kappa shape index (κ2) is 5.81. The highest BCUT2D eigenvalue weighted by atomic mass is 32.1. The summed E-state index contributed by atoms with van der Waals surface area (Å²) in [6, 6.07) is 10.6. The van der Waals surface area contributed by atoms with E-state index in [1.165, 1.54) is 16.9 Å². The normalized spacial score (nSPS) is 24.3. The fourth-order valence-corrected chi connectivity index (χ4v) is 4.49. The van der Waals surface area contributed by atoms with Crippen molar-refractivity contribution in [3.8, 4) is 0 Å². The van der Waals surface area contributed by atoms with E-state index in [2.05, 4.69) is 22.6 Å². The summed E-state index contributed by atoms with van der Waals surface area (Å²) in [4.78, 5) is 13.6. The van der Waals surface area contributed by atoms with Gasteiger partial charge in [0.2, 0.25) is 0 Å². The van der Waals surface area contributed by atoms with Gasteiger partial charge in [-0.2, -0.15) is 0 Å². The number of nitrogens with zero attached hydrogens (tertiary/aromatic N) is 1. The van der Waals surface area contributed by atoms with Crippen molar-refractivity contribution < 1.29 is 10.0 Å². The standard InChI is InChI=1S/C18H18N2O2S/c21-18(19-16-9-13(16)11-5-2-1-3-6-11)14-10-23-17-12(14)7-4-8-15(17)20-22/h1-3,5-6,10,13,16,22H,4,7-9H2,(H,19,21)/t13-,16+/m0/s1. The van der Waals surface area contributed by atoms with Gasteiger partial charge in [0, 0.05) is 17.3 Å².